The number of fused-ring (bicyclic) bond motifs is 1. The predicted molar refractivity (Wildman–Crippen MR) is 80.6 cm³/mol. The predicted octanol–water partition coefficient (Wildman–Crippen LogP) is 3.26. The summed E-state index contributed by atoms with van der Waals surface area (Å²) in [5.74, 6) is 0. The van der Waals surface area contributed by atoms with Crippen molar-refractivity contribution in [3.63, 3.8) is 0 Å². The van der Waals surface area contributed by atoms with E-state index in [1.807, 2.05) is 0 Å². The maximum Gasteiger partial charge on any atom is 0.137 e. The van der Waals surface area contributed by atoms with Crippen molar-refractivity contribution in [3.05, 3.63) is 47.1 Å². The summed E-state index contributed by atoms with van der Waals surface area (Å²) >= 11 is 1.74. The lowest BCUT2D eigenvalue weighted by molar-refractivity contribution is 0.798. The highest BCUT2D eigenvalue weighted by Crippen LogP contribution is 2.29. The van der Waals surface area contributed by atoms with Gasteiger partial charge in [0.2, 0.25) is 0 Å². The number of nitrogens with two attached hydrogens (primary N) is 1. The summed E-state index contributed by atoms with van der Waals surface area (Å²) in [6, 6.07) is 10.5. The second-order valence-electron chi connectivity index (χ2n) is 4.64. The van der Waals surface area contributed by atoms with Gasteiger partial charge in [0.15, 0.2) is 0 Å². The zero-order valence-electron chi connectivity index (χ0n) is 11.0. The van der Waals surface area contributed by atoms with Gasteiger partial charge >= 0.3 is 0 Å². The first kappa shape index (κ1) is 12.4. The minimum absolute atomic E-state index is 0.711. The number of thiophene rings is 1. The summed E-state index contributed by atoms with van der Waals surface area (Å²) < 4.78 is 2.25. The molecule has 3 rings (SSSR count). The fourth-order valence-electron chi connectivity index (χ4n) is 2.44. The number of aryl methyl sites for hydroxylation is 2. The average molecular weight is 271 g/mol. The summed E-state index contributed by atoms with van der Waals surface area (Å²) in [7, 11) is 0. The molecular formula is C15H17N3S. The van der Waals surface area contributed by atoms with Crippen LogP contribution in [0.4, 0.5) is 0 Å². The summed E-state index contributed by atoms with van der Waals surface area (Å²) in [5.41, 5.74) is 10.3. The second kappa shape index (κ2) is 5.15. The van der Waals surface area contributed by atoms with E-state index < -0.39 is 0 Å². The molecule has 0 saturated heterocycles. The number of aromatic nitrogens is 2. The van der Waals surface area contributed by atoms with Crippen LogP contribution in [-0.4, -0.2) is 15.9 Å². The topological polar surface area (TPSA) is 43.3 Å². The number of nitrogens with zero attached hydrogens (tertiary/aromatic N) is 2. The molecule has 0 spiro atoms. The van der Waals surface area contributed by atoms with Gasteiger partial charge < -0.3 is 10.1 Å². The lowest BCUT2D eigenvalue weighted by Crippen LogP contribution is -2.04. The molecule has 0 unspecified atom stereocenters. The molecule has 0 atom stereocenters. The van der Waals surface area contributed by atoms with Gasteiger partial charge in [-0.05, 0) is 49.9 Å². The van der Waals surface area contributed by atoms with Crippen molar-refractivity contribution in [2.75, 3.05) is 6.54 Å². The maximum absolute atomic E-state index is 5.67. The number of imidazole rings is 1. The fraction of sp³-hybridized carbons (Fsp3) is 0.267. The quantitative estimate of drug-likeness (QED) is 0.791. The van der Waals surface area contributed by atoms with Crippen LogP contribution in [0, 0.1) is 6.92 Å². The summed E-state index contributed by atoms with van der Waals surface area (Å²) in [6.45, 7) is 2.84. The van der Waals surface area contributed by atoms with Crippen molar-refractivity contribution >= 4 is 17.0 Å². The minimum atomic E-state index is 0.711. The molecule has 0 aliphatic carbocycles. The van der Waals surface area contributed by atoms with Crippen LogP contribution >= 0.6 is 11.3 Å². The monoisotopic (exact) mass is 271 g/mol. The van der Waals surface area contributed by atoms with Crippen molar-refractivity contribution in [1.29, 1.82) is 0 Å². The van der Waals surface area contributed by atoms with Crippen molar-refractivity contribution in [3.8, 4) is 10.6 Å². The van der Waals surface area contributed by atoms with Gasteiger partial charge in [-0.2, -0.15) is 0 Å². The molecule has 3 nitrogen and oxygen atoms in total. The standard InChI is InChI=1S/C15H17N3S/c1-11-5-2-8-14-17-15(13-7-4-10-19-13)12(18(11)14)6-3-9-16/h2,4-5,7-8,10H,3,6,9,16H2,1H3. The number of rotatable bonds is 4. The number of hydrogen-bond donors (Lipinski definition) is 1. The lowest BCUT2D eigenvalue weighted by Gasteiger charge is -2.06. The van der Waals surface area contributed by atoms with Crippen LogP contribution in [0.25, 0.3) is 16.2 Å². The molecule has 0 saturated carbocycles. The van der Waals surface area contributed by atoms with Crippen LogP contribution in [0.15, 0.2) is 35.7 Å². The molecule has 98 valence electrons. The maximum atomic E-state index is 5.67. The van der Waals surface area contributed by atoms with Gasteiger partial charge in [-0.25, -0.2) is 4.98 Å². The third kappa shape index (κ3) is 2.17. The largest absolute Gasteiger partial charge is 0.330 e. The van der Waals surface area contributed by atoms with Crippen molar-refractivity contribution in [1.82, 2.24) is 9.38 Å². The Morgan fingerprint density at radius 3 is 2.89 bits per heavy atom. The smallest absolute Gasteiger partial charge is 0.137 e. The van der Waals surface area contributed by atoms with E-state index in [-0.39, 0.29) is 0 Å². The van der Waals surface area contributed by atoms with Crippen LogP contribution in [-0.2, 0) is 6.42 Å². The summed E-state index contributed by atoms with van der Waals surface area (Å²) in [6.07, 6.45) is 1.95. The van der Waals surface area contributed by atoms with Gasteiger partial charge in [0.05, 0.1) is 10.6 Å². The first-order chi connectivity index (χ1) is 9.31. The van der Waals surface area contributed by atoms with Crippen LogP contribution < -0.4 is 5.73 Å². The Hall–Kier alpha value is -1.65. The molecule has 3 heterocycles. The van der Waals surface area contributed by atoms with Gasteiger partial charge in [0.25, 0.3) is 0 Å². The van der Waals surface area contributed by atoms with Crippen LogP contribution in [0.5, 0.6) is 0 Å². The molecule has 0 fully saturated rings. The molecule has 0 bridgehead atoms. The average Bonchev–Trinajstić information content (AvgIpc) is 3.04. The zero-order valence-corrected chi connectivity index (χ0v) is 11.8. The van der Waals surface area contributed by atoms with E-state index in [0.717, 1.165) is 24.2 Å². The Morgan fingerprint density at radius 2 is 2.16 bits per heavy atom. The first-order valence-electron chi connectivity index (χ1n) is 6.52. The highest BCUT2D eigenvalue weighted by molar-refractivity contribution is 7.13. The molecule has 0 aliphatic rings. The third-order valence-corrected chi connectivity index (χ3v) is 4.18. The van der Waals surface area contributed by atoms with E-state index in [9.17, 15) is 0 Å². The first-order valence-corrected chi connectivity index (χ1v) is 7.40. The second-order valence-corrected chi connectivity index (χ2v) is 5.59. The summed E-state index contributed by atoms with van der Waals surface area (Å²) in [5, 5.41) is 2.10. The molecular weight excluding hydrogens is 254 g/mol. The zero-order chi connectivity index (χ0) is 13.2. The molecule has 2 N–H and O–H groups in total. The van der Waals surface area contributed by atoms with E-state index in [1.165, 1.54) is 16.3 Å². The van der Waals surface area contributed by atoms with Gasteiger partial charge in [-0.1, -0.05) is 12.1 Å². The molecule has 4 heteroatoms. The van der Waals surface area contributed by atoms with E-state index in [4.69, 9.17) is 10.7 Å². The SMILES string of the molecule is Cc1cccc2nc(-c3cccs3)c(CCCN)n12. The Labute approximate surface area is 116 Å². The van der Waals surface area contributed by atoms with Crippen LogP contribution in [0.3, 0.4) is 0 Å². The van der Waals surface area contributed by atoms with E-state index >= 15 is 0 Å². The molecule has 0 aliphatic heterocycles. The Bertz CT molecular complexity index is 683. The third-order valence-electron chi connectivity index (χ3n) is 3.31. The molecule has 0 radical (unpaired) electrons. The highest BCUT2D eigenvalue weighted by Gasteiger charge is 2.15. The van der Waals surface area contributed by atoms with Crippen LogP contribution in [0.2, 0.25) is 0 Å². The molecule has 3 aromatic rings. The number of pyridine rings is 1. The van der Waals surface area contributed by atoms with Gasteiger partial charge in [-0.3, -0.25) is 0 Å². The van der Waals surface area contributed by atoms with Crippen LogP contribution in [0.1, 0.15) is 17.8 Å². The minimum Gasteiger partial charge on any atom is -0.330 e. The molecule has 3 aromatic heterocycles. The Morgan fingerprint density at radius 1 is 1.26 bits per heavy atom. The van der Waals surface area contributed by atoms with E-state index in [0.29, 0.717) is 6.54 Å². The Kier molecular flexibility index (Phi) is 3.36. The lowest BCUT2D eigenvalue weighted by atomic mass is 10.1. The van der Waals surface area contributed by atoms with Crippen molar-refractivity contribution < 1.29 is 0 Å². The van der Waals surface area contributed by atoms with Gasteiger partial charge in [0, 0.05) is 5.69 Å². The molecule has 0 amide bonds. The Balaban J connectivity index is 2.23. The van der Waals surface area contributed by atoms with Crippen molar-refractivity contribution in [2.24, 2.45) is 5.73 Å². The highest BCUT2D eigenvalue weighted by atomic mass is 32.1. The number of hydrogen-bond acceptors (Lipinski definition) is 3. The molecule has 19 heavy (non-hydrogen) atoms. The normalized spacial score (nSPS) is 11.3. The van der Waals surface area contributed by atoms with Gasteiger partial charge in [0.1, 0.15) is 11.3 Å². The summed E-state index contributed by atoms with van der Waals surface area (Å²) in [4.78, 5) is 6.03. The molecule has 0 aromatic carbocycles. The van der Waals surface area contributed by atoms with E-state index in [2.05, 4.69) is 47.0 Å². The van der Waals surface area contributed by atoms with E-state index in [1.54, 1.807) is 11.3 Å². The fourth-order valence-corrected chi connectivity index (χ4v) is 3.17. The van der Waals surface area contributed by atoms with Gasteiger partial charge in [-0.15, -0.1) is 11.3 Å². The van der Waals surface area contributed by atoms with Crippen molar-refractivity contribution in [2.45, 2.75) is 19.8 Å².